The first-order valence-electron chi connectivity index (χ1n) is 13.4. The molecule has 0 radical (unpaired) electrons. The second-order valence-electron chi connectivity index (χ2n) is 10.8. The van der Waals surface area contributed by atoms with Gasteiger partial charge in [-0.1, -0.05) is 17.9 Å². The molecule has 10 heteroatoms. The molecule has 0 spiro atoms. The van der Waals surface area contributed by atoms with Gasteiger partial charge in [0.05, 0.1) is 17.7 Å². The number of hydrogen-bond donors (Lipinski definition) is 1. The van der Waals surface area contributed by atoms with Gasteiger partial charge in [-0.05, 0) is 56.8 Å². The average molecular weight is 539 g/mol. The van der Waals surface area contributed by atoms with Crippen LogP contribution in [0.2, 0.25) is 0 Å². The molecule has 1 saturated carbocycles. The van der Waals surface area contributed by atoms with E-state index >= 15 is 0 Å². The standard InChI is InChI=1S/C29H33F3N6O/c1-20-3-5-23(15-22(20)6-4-21-17-33-27-9-10-34-38(27)18-21)28(39)35-25-8-7-24(26(16-25)29(30,31)32)19-37-13-11-36(2)12-14-37/h3,5,9-10,15,17-18,24-26H,7-8,11-14,16,19H2,1-2H3,(H,35,39). The van der Waals surface area contributed by atoms with Gasteiger partial charge in [0, 0.05) is 68.4 Å². The fraction of sp³-hybridized carbons (Fsp3) is 0.483. The van der Waals surface area contributed by atoms with Gasteiger partial charge in [0.1, 0.15) is 0 Å². The summed E-state index contributed by atoms with van der Waals surface area (Å²) in [5, 5.41) is 7.04. The van der Waals surface area contributed by atoms with Crippen LogP contribution in [-0.4, -0.2) is 82.3 Å². The lowest BCUT2D eigenvalue weighted by molar-refractivity contribution is -0.200. The third-order valence-corrected chi connectivity index (χ3v) is 7.93. The smallest absolute Gasteiger partial charge is 0.349 e. The molecule has 2 aromatic heterocycles. The molecule has 1 aromatic carbocycles. The summed E-state index contributed by atoms with van der Waals surface area (Å²) in [6.45, 7) is 5.70. The highest BCUT2D eigenvalue weighted by molar-refractivity contribution is 5.94. The van der Waals surface area contributed by atoms with E-state index in [1.807, 2.05) is 14.0 Å². The summed E-state index contributed by atoms with van der Waals surface area (Å²) in [7, 11) is 2.03. The van der Waals surface area contributed by atoms with E-state index in [2.05, 4.69) is 37.0 Å². The highest BCUT2D eigenvalue weighted by atomic mass is 19.4. The first-order valence-corrected chi connectivity index (χ1v) is 13.4. The zero-order valence-corrected chi connectivity index (χ0v) is 22.2. The second kappa shape index (κ2) is 11.4. The van der Waals surface area contributed by atoms with E-state index in [1.54, 1.807) is 47.4 Å². The van der Waals surface area contributed by atoms with Crippen LogP contribution in [0.3, 0.4) is 0 Å². The summed E-state index contributed by atoms with van der Waals surface area (Å²) < 4.78 is 43.8. The fourth-order valence-corrected chi connectivity index (χ4v) is 5.53. The predicted octanol–water partition coefficient (Wildman–Crippen LogP) is 3.76. The topological polar surface area (TPSA) is 65.8 Å². The van der Waals surface area contributed by atoms with Crippen LogP contribution in [0, 0.1) is 30.6 Å². The number of aryl methyl sites for hydroxylation is 1. The lowest BCUT2D eigenvalue weighted by Gasteiger charge is -2.41. The number of aromatic nitrogens is 3. The molecule has 7 nitrogen and oxygen atoms in total. The van der Waals surface area contributed by atoms with E-state index in [0.717, 1.165) is 37.4 Å². The molecule has 1 N–H and O–H groups in total. The van der Waals surface area contributed by atoms with E-state index < -0.39 is 24.1 Å². The summed E-state index contributed by atoms with van der Waals surface area (Å²) in [5.41, 5.74) is 3.35. The Morgan fingerprint density at radius 2 is 1.92 bits per heavy atom. The Morgan fingerprint density at radius 3 is 2.69 bits per heavy atom. The minimum Gasteiger partial charge on any atom is -0.349 e. The molecule has 206 valence electrons. The maximum absolute atomic E-state index is 14.1. The van der Waals surface area contributed by atoms with Crippen LogP contribution in [0.4, 0.5) is 13.2 Å². The Kier molecular flexibility index (Phi) is 7.91. The number of hydrogen-bond acceptors (Lipinski definition) is 5. The monoisotopic (exact) mass is 538 g/mol. The minimum absolute atomic E-state index is 0.0882. The maximum Gasteiger partial charge on any atom is 0.392 e. The third-order valence-electron chi connectivity index (χ3n) is 7.93. The number of carbonyl (C=O) groups is 1. The van der Waals surface area contributed by atoms with Crippen LogP contribution < -0.4 is 5.32 Å². The number of piperazine rings is 1. The van der Waals surface area contributed by atoms with Gasteiger partial charge in [-0.25, -0.2) is 9.50 Å². The van der Waals surface area contributed by atoms with Crippen LogP contribution in [0.15, 0.2) is 42.9 Å². The number of nitrogens with zero attached hydrogens (tertiary/aromatic N) is 5. The number of rotatable bonds is 4. The second-order valence-corrected chi connectivity index (χ2v) is 10.8. The molecule has 1 aliphatic carbocycles. The van der Waals surface area contributed by atoms with E-state index in [9.17, 15) is 18.0 Å². The predicted molar refractivity (Wildman–Crippen MR) is 142 cm³/mol. The maximum atomic E-state index is 14.1. The average Bonchev–Trinajstić information content (AvgIpc) is 3.38. The molecule has 3 unspecified atom stereocenters. The Bertz CT molecular complexity index is 1380. The van der Waals surface area contributed by atoms with E-state index in [-0.39, 0.29) is 12.3 Å². The largest absolute Gasteiger partial charge is 0.392 e. The molecule has 3 heterocycles. The lowest BCUT2D eigenvalue weighted by atomic mass is 9.76. The van der Waals surface area contributed by atoms with Crippen molar-refractivity contribution in [3.63, 3.8) is 0 Å². The highest BCUT2D eigenvalue weighted by Gasteiger charge is 2.48. The molecule has 1 saturated heterocycles. The van der Waals surface area contributed by atoms with Gasteiger partial charge >= 0.3 is 6.18 Å². The Balaban J connectivity index is 1.24. The van der Waals surface area contributed by atoms with Crippen molar-refractivity contribution in [1.29, 1.82) is 0 Å². The van der Waals surface area contributed by atoms with E-state index in [4.69, 9.17) is 0 Å². The number of nitrogens with one attached hydrogen (secondary N) is 1. The summed E-state index contributed by atoms with van der Waals surface area (Å²) >= 11 is 0. The highest BCUT2D eigenvalue weighted by Crippen LogP contribution is 2.42. The summed E-state index contributed by atoms with van der Waals surface area (Å²) in [5.74, 6) is 3.91. The molecule has 2 fully saturated rings. The summed E-state index contributed by atoms with van der Waals surface area (Å²) in [6.07, 6.45) is 1.70. The number of halogens is 3. The molecule has 3 aromatic rings. The van der Waals surface area contributed by atoms with Crippen LogP contribution in [-0.2, 0) is 0 Å². The van der Waals surface area contributed by atoms with Gasteiger partial charge in [-0.2, -0.15) is 18.3 Å². The number of alkyl halides is 3. The minimum atomic E-state index is -4.29. The number of benzene rings is 1. The zero-order valence-electron chi connectivity index (χ0n) is 22.2. The fourth-order valence-electron chi connectivity index (χ4n) is 5.53. The van der Waals surface area contributed by atoms with Crippen molar-refractivity contribution in [3.05, 3.63) is 65.1 Å². The lowest BCUT2D eigenvalue weighted by Crippen LogP contribution is -2.51. The third kappa shape index (κ3) is 6.60. The van der Waals surface area contributed by atoms with Crippen molar-refractivity contribution in [3.8, 4) is 11.8 Å². The molecule has 0 bridgehead atoms. The van der Waals surface area contributed by atoms with Crippen molar-refractivity contribution < 1.29 is 18.0 Å². The van der Waals surface area contributed by atoms with E-state index in [1.165, 1.54) is 0 Å². The quantitative estimate of drug-likeness (QED) is 0.513. The zero-order chi connectivity index (χ0) is 27.6. The Morgan fingerprint density at radius 1 is 1.13 bits per heavy atom. The first-order chi connectivity index (χ1) is 18.7. The molecule has 39 heavy (non-hydrogen) atoms. The van der Waals surface area contributed by atoms with Crippen molar-refractivity contribution in [1.82, 2.24) is 29.7 Å². The van der Waals surface area contributed by atoms with Crippen molar-refractivity contribution in [2.45, 2.75) is 38.4 Å². The number of carbonyl (C=O) groups excluding carboxylic acids is 1. The van der Waals surface area contributed by atoms with Crippen molar-refractivity contribution in [2.24, 2.45) is 11.8 Å². The first kappa shape index (κ1) is 27.2. The SMILES string of the molecule is Cc1ccc(C(=O)NC2CCC(CN3CCN(C)CC3)C(C(F)(F)F)C2)cc1C#Cc1cnc2ccnn2c1. The van der Waals surface area contributed by atoms with Crippen molar-refractivity contribution >= 4 is 11.6 Å². The van der Waals surface area contributed by atoms with Crippen LogP contribution >= 0.6 is 0 Å². The van der Waals surface area contributed by atoms with E-state index in [0.29, 0.717) is 36.1 Å². The van der Waals surface area contributed by atoms with Crippen molar-refractivity contribution in [2.75, 3.05) is 39.8 Å². The van der Waals surface area contributed by atoms with Crippen LogP contribution in [0.5, 0.6) is 0 Å². The normalized spacial score (nSPS) is 22.8. The molecule has 5 rings (SSSR count). The van der Waals surface area contributed by atoms with Gasteiger partial charge in [-0.15, -0.1) is 0 Å². The van der Waals surface area contributed by atoms with Gasteiger partial charge in [-0.3, -0.25) is 4.79 Å². The van der Waals surface area contributed by atoms with Gasteiger partial charge in [0.2, 0.25) is 0 Å². The number of fused-ring (bicyclic) bond motifs is 1. The Labute approximate surface area is 226 Å². The molecule has 1 amide bonds. The molecular formula is C29H33F3N6O. The Hall–Kier alpha value is -3.42. The van der Waals surface area contributed by atoms with Crippen LogP contribution in [0.1, 0.15) is 46.3 Å². The number of likely N-dealkylation sites (N-methyl/N-ethyl adjacent to an activating group) is 1. The van der Waals surface area contributed by atoms with Crippen LogP contribution in [0.25, 0.3) is 5.65 Å². The molecule has 3 atom stereocenters. The molecular weight excluding hydrogens is 505 g/mol. The number of amides is 1. The molecule has 1 aliphatic heterocycles. The summed E-state index contributed by atoms with van der Waals surface area (Å²) in [6, 6.07) is 6.46. The molecule has 2 aliphatic rings. The van der Waals surface area contributed by atoms with Gasteiger partial charge < -0.3 is 15.1 Å². The van der Waals surface area contributed by atoms with Gasteiger partial charge in [0.15, 0.2) is 5.65 Å². The summed E-state index contributed by atoms with van der Waals surface area (Å²) in [4.78, 5) is 21.7. The van der Waals surface area contributed by atoms with Gasteiger partial charge in [0.25, 0.3) is 5.91 Å².